The van der Waals surface area contributed by atoms with Crippen LogP contribution in [0, 0.1) is 0 Å². The van der Waals surface area contributed by atoms with Crippen LogP contribution in [0.4, 0.5) is 0 Å². The van der Waals surface area contributed by atoms with Gasteiger partial charge >= 0.3 is 0 Å². The second-order valence-corrected chi connectivity index (χ2v) is 4.62. The van der Waals surface area contributed by atoms with Crippen LogP contribution in [0.5, 0.6) is 0 Å². The fourth-order valence-corrected chi connectivity index (χ4v) is 1.62. The van der Waals surface area contributed by atoms with Gasteiger partial charge in [0.2, 0.25) is 0 Å². The van der Waals surface area contributed by atoms with Gasteiger partial charge in [-0.15, -0.1) is 11.6 Å². The second-order valence-electron chi connectivity index (χ2n) is 4.35. The summed E-state index contributed by atoms with van der Waals surface area (Å²) in [6.45, 7) is 2.07. The summed E-state index contributed by atoms with van der Waals surface area (Å²) in [6.07, 6.45) is 2.15. The molecule has 0 aromatic heterocycles. The Kier molecular flexibility index (Phi) is 2.70. The molecular formula is C12H14ClNO. The summed E-state index contributed by atoms with van der Waals surface area (Å²) >= 11 is 5.72. The first-order valence-corrected chi connectivity index (χ1v) is 5.64. The van der Waals surface area contributed by atoms with Gasteiger partial charge in [0, 0.05) is 17.0 Å². The van der Waals surface area contributed by atoms with E-state index in [2.05, 4.69) is 12.2 Å². The molecule has 2 nitrogen and oxygen atoms in total. The van der Waals surface area contributed by atoms with Gasteiger partial charge in [-0.3, -0.25) is 4.79 Å². The standard InChI is InChI=1S/C12H14ClNO/c1-12(5-6-12)14-11(15)10-4-2-3-9(7-10)8-13/h2-4,7H,5-6,8H2,1H3,(H,14,15). The Morgan fingerprint density at radius 1 is 1.53 bits per heavy atom. The normalized spacial score (nSPS) is 17.2. The van der Waals surface area contributed by atoms with E-state index in [0.29, 0.717) is 11.4 Å². The molecule has 1 saturated carbocycles. The highest BCUT2D eigenvalue weighted by Crippen LogP contribution is 2.34. The number of hydrogen-bond acceptors (Lipinski definition) is 1. The first kappa shape index (κ1) is 10.5. The van der Waals surface area contributed by atoms with Crippen LogP contribution in [0.3, 0.4) is 0 Å². The van der Waals surface area contributed by atoms with Crippen LogP contribution < -0.4 is 5.32 Å². The molecule has 1 aromatic rings. The third-order valence-corrected chi connectivity index (χ3v) is 3.07. The van der Waals surface area contributed by atoms with Crippen LogP contribution in [0.25, 0.3) is 0 Å². The van der Waals surface area contributed by atoms with Crippen molar-refractivity contribution in [2.24, 2.45) is 0 Å². The van der Waals surface area contributed by atoms with Gasteiger partial charge in [-0.25, -0.2) is 0 Å². The van der Waals surface area contributed by atoms with E-state index >= 15 is 0 Å². The molecule has 0 radical (unpaired) electrons. The fourth-order valence-electron chi connectivity index (χ4n) is 1.45. The maximum absolute atomic E-state index is 11.8. The van der Waals surface area contributed by atoms with Crippen molar-refractivity contribution in [2.75, 3.05) is 0 Å². The first-order chi connectivity index (χ1) is 7.13. The van der Waals surface area contributed by atoms with Gasteiger partial charge in [-0.05, 0) is 37.5 Å². The minimum Gasteiger partial charge on any atom is -0.347 e. The second kappa shape index (κ2) is 3.86. The third-order valence-electron chi connectivity index (χ3n) is 2.76. The number of nitrogens with one attached hydrogen (secondary N) is 1. The molecular weight excluding hydrogens is 210 g/mol. The van der Waals surface area contributed by atoms with Crippen molar-refractivity contribution in [1.82, 2.24) is 5.32 Å². The Hall–Kier alpha value is -1.02. The van der Waals surface area contributed by atoms with E-state index in [-0.39, 0.29) is 11.4 Å². The topological polar surface area (TPSA) is 29.1 Å². The number of rotatable bonds is 3. The smallest absolute Gasteiger partial charge is 0.251 e. The van der Waals surface area contributed by atoms with Crippen LogP contribution >= 0.6 is 11.6 Å². The summed E-state index contributed by atoms with van der Waals surface area (Å²) in [4.78, 5) is 11.8. The van der Waals surface area contributed by atoms with E-state index in [4.69, 9.17) is 11.6 Å². The zero-order valence-electron chi connectivity index (χ0n) is 8.72. The van der Waals surface area contributed by atoms with E-state index in [9.17, 15) is 4.79 Å². The van der Waals surface area contributed by atoms with Crippen LogP contribution in [-0.4, -0.2) is 11.4 Å². The van der Waals surface area contributed by atoms with Crippen molar-refractivity contribution in [3.8, 4) is 0 Å². The summed E-state index contributed by atoms with van der Waals surface area (Å²) in [7, 11) is 0. The molecule has 3 heteroatoms. The van der Waals surface area contributed by atoms with Crippen LogP contribution in [0.2, 0.25) is 0 Å². The lowest BCUT2D eigenvalue weighted by molar-refractivity contribution is 0.0935. The average molecular weight is 224 g/mol. The third kappa shape index (κ3) is 2.51. The van der Waals surface area contributed by atoms with Gasteiger partial charge in [-0.2, -0.15) is 0 Å². The Labute approximate surface area is 94.6 Å². The Bertz CT molecular complexity index is 385. The van der Waals surface area contributed by atoms with Gasteiger partial charge in [0.15, 0.2) is 0 Å². The summed E-state index contributed by atoms with van der Waals surface area (Å²) < 4.78 is 0. The lowest BCUT2D eigenvalue weighted by atomic mass is 10.1. The van der Waals surface area contributed by atoms with E-state index in [0.717, 1.165) is 18.4 Å². The number of hydrogen-bond donors (Lipinski definition) is 1. The number of carbonyl (C=O) groups is 1. The quantitative estimate of drug-likeness (QED) is 0.785. The number of amides is 1. The average Bonchev–Trinajstić information content (AvgIpc) is 2.96. The largest absolute Gasteiger partial charge is 0.347 e. The molecule has 0 spiro atoms. The molecule has 0 bridgehead atoms. The molecule has 1 aliphatic rings. The number of carbonyl (C=O) groups excluding carboxylic acids is 1. The number of benzene rings is 1. The molecule has 1 fully saturated rings. The molecule has 0 aliphatic heterocycles. The Morgan fingerprint density at radius 3 is 2.87 bits per heavy atom. The minimum absolute atomic E-state index is 0.00182. The summed E-state index contributed by atoms with van der Waals surface area (Å²) in [6, 6.07) is 7.44. The van der Waals surface area contributed by atoms with E-state index in [1.54, 1.807) is 0 Å². The van der Waals surface area contributed by atoms with E-state index < -0.39 is 0 Å². The maximum atomic E-state index is 11.8. The fraction of sp³-hybridized carbons (Fsp3) is 0.417. The predicted octanol–water partition coefficient (Wildman–Crippen LogP) is 2.71. The monoisotopic (exact) mass is 223 g/mol. The summed E-state index contributed by atoms with van der Waals surface area (Å²) in [5.41, 5.74) is 1.71. The van der Waals surface area contributed by atoms with Crippen molar-refractivity contribution in [3.05, 3.63) is 35.4 Å². The molecule has 0 atom stereocenters. The lowest BCUT2D eigenvalue weighted by Crippen LogP contribution is -2.34. The number of alkyl halides is 1. The van der Waals surface area contributed by atoms with Gasteiger partial charge in [0.05, 0.1) is 0 Å². The van der Waals surface area contributed by atoms with Crippen LogP contribution in [0.1, 0.15) is 35.7 Å². The van der Waals surface area contributed by atoms with Crippen molar-refractivity contribution < 1.29 is 4.79 Å². The summed E-state index contributed by atoms with van der Waals surface area (Å²) in [5, 5.41) is 3.02. The van der Waals surface area contributed by atoms with Gasteiger partial charge in [0.25, 0.3) is 5.91 Å². The minimum atomic E-state index is 0.00182. The van der Waals surface area contributed by atoms with E-state index in [1.165, 1.54) is 0 Å². The van der Waals surface area contributed by atoms with Crippen molar-refractivity contribution >= 4 is 17.5 Å². The molecule has 80 valence electrons. The Morgan fingerprint density at radius 2 is 2.27 bits per heavy atom. The first-order valence-electron chi connectivity index (χ1n) is 5.10. The molecule has 1 amide bonds. The molecule has 15 heavy (non-hydrogen) atoms. The van der Waals surface area contributed by atoms with Gasteiger partial charge in [0.1, 0.15) is 0 Å². The highest BCUT2D eigenvalue weighted by atomic mass is 35.5. The predicted molar refractivity (Wildman–Crippen MR) is 61.1 cm³/mol. The van der Waals surface area contributed by atoms with Crippen LogP contribution in [0.15, 0.2) is 24.3 Å². The maximum Gasteiger partial charge on any atom is 0.251 e. The summed E-state index contributed by atoms with van der Waals surface area (Å²) in [5.74, 6) is 0.445. The molecule has 2 rings (SSSR count). The zero-order valence-corrected chi connectivity index (χ0v) is 9.47. The highest BCUT2D eigenvalue weighted by Gasteiger charge is 2.38. The zero-order chi connectivity index (χ0) is 10.9. The van der Waals surface area contributed by atoms with Gasteiger partial charge < -0.3 is 5.32 Å². The molecule has 0 saturated heterocycles. The van der Waals surface area contributed by atoms with E-state index in [1.807, 2.05) is 24.3 Å². The molecule has 1 aliphatic carbocycles. The molecule has 1 N–H and O–H groups in total. The van der Waals surface area contributed by atoms with Crippen molar-refractivity contribution in [1.29, 1.82) is 0 Å². The van der Waals surface area contributed by atoms with Crippen molar-refractivity contribution in [3.63, 3.8) is 0 Å². The highest BCUT2D eigenvalue weighted by molar-refractivity contribution is 6.17. The van der Waals surface area contributed by atoms with Gasteiger partial charge in [-0.1, -0.05) is 12.1 Å². The Balaban J connectivity index is 2.10. The number of halogens is 1. The molecule has 1 aromatic carbocycles. The van der Waals surface area contributed by atoms with Crippen LogP contribution in [-0.2, 0) is 5.88 Å². The molecule has 0 heterocycles. The van der Waals surface area contributed by atoms with Crippen molar-refractivity contribution in [2.45, 2.75) is 31.2 Å². The molecule has 0 unspecified atom stereocenters. The SMILES string of the molecule is CC1(NC(=O)c2cccc(CCl)c2)CC1. The lowest BCUT2D eigenvalue weighted by Gasteiger charge is -2.11.